The Morgan fingerprint density at radius 1 is 1.00 bits per heavy atom. The number of hydrogen-bond acceptors (Lipinski definition) is 4. The minimum absolute atomic E-state index is 0.240. The summed E-state index contributed by atoms with van der Waals surface area (Å²) >= 11 is 3.41. The quantitative estimate of drug-likeness (QED) is 0.375. The highest BCUT2D eigenvalue weighted by molar-refractivity contribution is 9.10. The van der Waals surface area contributed by atoms with Crippen LogP contribution in [0.4, 0.5) is 5.69 Å². The highest BCUT2D eigenvalue weighted by Crippen LogP contribution is 2.25. The van der Waals surface area contributed by atoms with E-state index in [1.54, 1.807) is 13.2 Å². The van der Waals surface area contributed by atoms with E-state index < -0.39 is 0 Å². The lowest BCUT2D eigenvalue weighted by Gasteiger charge is -2.11. The molecule has 0 radical (unpaired) electrons. The van der Waals surface area contributed by atoms with E-state index in [0.717, 1.165) is 27.1 Å². The Labute approximate surface area is 190 Å². The zero-order valence-corrected chi connectivity index (χ0v) is 19.0. The van der Waals surface area contributed by atoms with Crippen LogP contribution in [0.15, 0.2) is 77.3 Å². The largest absolute Gasteiger partial charge is 0.496 e. The van der Waals surface area contributed by atoms with Gasteiger partial charge in [0.05, 0.1) is 19.4 Å². The monoisotopic (exact) mass is 481 g/mol. The first-order chi connectivity index (χ1) is 15.1. The SMILES string of the molecule is CCOc1ccccc1NC(=O)/C=C\c1ccc(OC)c(COc2ccc(Br)cc2)c1. The van der Waals surface area contributed by atoms with Gasteiger partial charge in [0, 0.05) is 16.1 Å². The number of rotatable bonds is 9. The molecule has 0 aliphatic carbocycles. The number of benzene rings is 3. The molecular weight excluding hydrogens is 458 g/mol. The maximum Gasteiger partial charge on any atom is 0.248 e. The number of methoxy groups -OCH3 is 1. The average molecular weight is 482 g/mol. The number of carbonyl (C=O) groups excluding carboxylic acids is 1. The molecule has 0 saturated carbocycles. The normalized spacial score (nSPS) is 10.7. The van der Waals surface area contributed by atoms with Crippen LogP contribution < -0.4 is 19.5 Å². The second-order valence-electron chi connectivity index (χ2n) is 6.57. The Morgan fingerprint density at radius 2 is 1.77 bits per heavy atom. The van der Waals surface area contributed by atoms with Gasteiger partial charge in [-0.1, -0.05) is 34.1 Å². The maximum atomic E-state index is 12.4. The zero-order chi connectivity index (χ0) is 22.1. The van der Waals surface area contributed by atoms with E-state index in [2.05, 4.69) is 21.2 Å². The van der Waals surface area contributed by atoms with Crippen molar-refractivity contribution in [3.8, 4) is 17.2 Å². The van der Waals surface area contributed by atoms with Crippen LogP contribution in [0.1, 0.15) is 18.1 Å². The summed E-state index contributed by atoms with van der Waals surface area (Å²) in [5, 5.41) is 2.85. The Kier molecular flexibility index (Phi) is 8.12. The van der Waals surface area contributed by atoms with Gasteiger partial charge in [0.15, 0.2) is 0 Å². The number of amides is 1. The molecule has 0 bridgehead atoms. The van der Waals surface area contributed by atoms with Gasteiger partial charge in [-0.3, -0.25) is 4.79 Å². The molecule has 1 N–H and O–H groups in total. The molecule has 0 unspecified atom stereocenters. The molecule has 6 heteroatoms. The third-order valence-corrected chi connectivity index (χ3v) is 4.91. The molecule has 0 atom stereocenters. The molecule has 31 heavy (non-hydrogen) atoms. The van der Waals surface area contributed by atoms with E-state index in [0.29, 0.717) is 24.7 Å². The lowest BCUT2D eigenvalue weighted by Crippen LogP contribution is -2.09. The summed E-state index contributed by atoms with van der Waals surface area (Å²) in [6.07, 6.45) is 3.24. The van der Waals surface area contributed by atoms with Crippen LogP contribution in [0.25, 0.3) is 6.08 Å². The van der Waals surface area contributed by atoms with E-state index in [-0.39, 0.29) is 5.91 Å². The van der Waals surface area contributed by atoms with Crippen LogP contribution in [0.5, 0.6) is 17.2 Å². The van der Waals surface area contributed by atoms with Crippen molar-refractivity contribution in [1.29, 1.82) is 0 Å². The standard InChI is InChI=1S/C25H24BrNO4/c1-3-30-24-7-5-4-6-22(24)27-25(28)15-9-18-8-14-23(29-2)19(16-18)17-31-21-12-10-20(26)11-13-21/h4-16H,3,17H2,1-2H3,(H,27,28)/b15-9-. The molecule has 3 rings (SSSR count). The molecule has 0 heterocycles. The summed E-state index contributed by atoms with van der Waals surface area (Å²) in [5.74, 6) is 1.89. The van der Waals surface area contributed by atoms with Crippen LogP contribution in [0.2, 0.25) is 0 Å². The number of halogens is 1. The lowest BCUT2D eigenvalue weighted by atomic mass is 10.1. The topological polar surface area (TPSA) is 56.8 Å². The van der Waals surface area contributed by atoms with Crippen molar-refractivity contribution in [1.82, 2.24) is 0 Å². The number of hydrogen-bond donors (Lipinski definition) is 1. The van der Waals surface area contributed by atoms with Gasteiger partial charge in [-0.25, -0.2) is 0 Å². The van der Waals surface area contributed by atoms with E-state index in [1.807, 2.05) is 73.7 Å². The van der Waals surface area contributed by atoms with Crippen LogP contribution in [0, 0.1) is 0 Å². The van der Waals surface area contributed by atoms with Gasteiger partial charge >= 0.3 is 0 Å². The molecule has 0 saturated heterocycles. The fourth-order valence-corrected chi connectivity index (χ4v) is 3.17. The van der Waals surface area contributed by atoms with Gasteiger partial charge in [-0.2, -0.15) is 0 Å². The first kappa shape index (κ1) is 22.4. The van der Waals surface area contributed by atoms with Gasteiger partial charge < -0.3 is 19.5 Å². The third-order valence-electron chi connectivity index (χ3n) is 4.38. The van der Waals surface area contributed by atoms with Crippen molar-refractivity contribution >= 4 is 33.6 Å². The third kappa shape index (κ3) is 6.62. The van der Waals surface area contributed by atoms with Gasteiger partial charge in [-0.15, -0.1) is 0 Å². The zero-order valence-electron chi connectivity index (χ0n) is 17.4. The van der Waals surface area contributed by atoms with Crippen molar-refractivity contribution in [3.63, 3.8) is 0 Å². The number of ether oxygens (including phenoxy) is 3. The second-order valence-corrected chi connectivity index (χ2v) is 7.48. The molecule has 3 aromatic carbocycles. The van der Waals surface area contributed by atoms with Gasteiger partial charge in [-0.05, 0) is 67.1 Å². The molecule has 160 valence electrons. The number of para-hydroxylation sites is 2. The molecule has 0 aromatic heterocycles. The molecule has 3 aromatic rings. The van der Waals surface area contributed by atoms with Crippen molar-refractivity contribution in [2.75, 3.05) is 19.0 Å². The minimum atomic E-state index is -0.240. The lowest BCUT2D eigenvalue weighted by molar-refractivity contribution is -0.111. The summed E-state index contributed by atoms with van der Waals surface area (Å²) < 4.78 is 17.8. The molecule has 0 fully saturated rings. The van der Waals surface area contributed by atoms with Crippen molar-refractivity contribution in [2.45, 2.75) is 13.5 Å². The fraction of sp³-hybridized carbons (Fsp3) is 0.160. The maximum absolute atomic E-state index is 12.4. The van der Waals surface area contributed by atoms with Crippen LogP contribution in [-0.4, -0.2) is 19.6 Å². The van der Waals surface area contributed by atoms with Crippen LogP contribution in [-0.2, 0) is 11.4 Å². The molecule has 1 amide bonds. The second kappa shape index (κ2) is 11.2. The van der Waals surface area contributed by atoms with Gasteiger partial charge in [0.2, 0.25) is 5.91 Å². The predicted molar refractivity (Wildman–Crippen MR) is 127 cm³/mol. The van der Waals surface area contributed by atoms with Crippen molar-refractivity contribution in [3.05, 3.63) is 88.4 Å². The highest BCUT2D eigenvalue weighted by Gasteiger charge is 2.07. The predicted octanol–water partition coefficient (Wildman–Crippen LogP) is 6.09. The molecule has 5 nitrogen and oxygen atoms in total. The minimum Gasteiger partial charge on any atom is -0.496 e. The van der Waals surface area contributed by atoms with Crippen LogP contribution >= 0.6 is 15.9 Å². The van der Waals surface area contributed by atoms with Crippen molar-refractivity contribution < 1.29 is 19.0 Å². The first-order valence-electron chi connectivity index (χ1n) is 9.85. The smallest absolute Gasteiger partial charge is 0.248 e. The number of carbonyl (C=O) groups is 1. The molecular formula is C25H24BrNO4. The van der Waals surface area contributed by atoms with Crippen LogP contribution in [0.3, 0.4) is 0 Å². The van der Waals surface area contributed by atoms with E-state index in [4.69, 9.17) is 14.2 Å². The summed E-state index contributed by atoms with van der Waals surface area (Å²) in [6.45, 7) is 2.78. The fourth-order valence-electron chi connectivity index (χ4n) is 2.90. The van der Waals surface area contributed by atoms with Gasteiger partial charge in [0.1, 0.15) is 23.9 Å². The summed E-state index contributed by atoms with van der Waals surface area (Å²) in [6, 6.07) is 20.7. The van der Waals surface area contributed by atoms with Crippen molar-refractivity contribution in [2.24, 2.45) is 0 Å². The Morgan fingerprint density at radius 3 is 2.52 bits per heavy atom. The summed E-state index contributed by atoms with van der Waals surface area (Å²) in [5.41, 5.74) is 2.38. The number of anilines is 1. The van der Waals surface area contributed by atoms with E-state index in [1.165, 1.54) is 6.08 Å². The molecule has 0 aliphatic rings. The Balaban J connectivity index is 1.68. The summed E-state index contributed by atoms with van der Waals surface area (Å²) in [7, 11) is 1.62. The van der Waals surface area contributed by atoms with E-state index in [9.17, 15) is 4.79 Å². The molecule has 0 spiro atoms. The number of nitrogens with one attached hydrogen (secondary N) is 1. The molecule has 0 aliphatic heterocycles. The average Bonchev–Trinajstić information content (AvgIpc) is 2.79. The van der Waals surface area contributed by atoms with Gasteiger partial charge in [0.25, 0.3) is 0 Å². The Bertz CT molecular complexity index is 1050. The first-order valence-corrected chi connectivity index (χ1v) is 10.6. The Hall–Kier alpha value is -3.25. The van der Waals surface area contributed by atoms with E-state index >= 15 is 0 Å². The summed E-state index contributed by atoms with van der Waals surface area (Å²) in [4.78, 5) is 12.4. The highest BCUT2D eigenvalue weighted by atomic mass is 79.9.